The number of carboxylic acids is 1. The molecule has 0 aromatic heterocycles. The summed E-state index contributed by atoms with van der Waals surface area (Å²) in [4.78, 5) is 46.9. The number of nitrogens with zero attached hydrogens (tertiary/aromatic N) is 1. The number of hydrogen-bond donors (Lipinski definition) is 2. The molecule has 0 radical (unpaired) electrons. The molecule has 1 rings (SSSR count). The zero-order valence-electron chi connectivity index (χ0n) is 17.0. The number of esters is 1. The van der Waals surface area contributed by atoms with Crippen molar-refractivity contribution in [1.29, 1.82) is 0 Å². The first-order valence-electron chi connectivity index (χ1n) is 9.32. The van der Waals surface area contributed by atoms with Crippen LogP contribution in [0.15, 0.2) is 35.9 Å². The number of carboxylic acid groups (broad SMARTS) is 1. The van der Waals surface area contributed by atoms with Crippen molar-refractivity contribution < 1.29 is 39.0 Å². The maximum Gasteiger partial charge on any atom is 0.354 e. The zero-order valence-corrected chi connectivity index (χ0v) is 17.0. The van der Waals surface area contributed by atoms with E-state index in [-0.39, 0.29) is 31.6 Å². The largest absolute Gasteiger partial charge is 0.481 e. The summed E-state index contributed by atoms with van der Waals surface area (Å²) in [6.45, 7) is 3.94. The number of carbonyl (C=O) groups is 3. The van der Waals surface area contributed by atoms with Crippen LogP contribution in [0.1, 0.15) is 44.2 Å². The van der Waals surface area contributed by atoms with E-state index in [0.717, 1.165) is 6.92 Å². The van der Waals surface area contributed by atoms with E-state index in [1.54, 1.807) is 12.1 Å². The summed E-state index contributed by atoms with van der Waals surface area (Å²) in [7, 11) is 0. The smallest absolute Gasteiger partial charge is 0.354 e. The summed E-state index contributed by atoms with van der Waals surface area (Å²) >= 11 is 0. The Labute approximate surface area is 173 Å². The molecule has 10 nitrogen and oxygen atoms in total. The molecule has 0 aliphatic carbocycles. The number of allylic oxidation sites excluding steroid dienone is 1. The first-order valence-corrected chi connectivity index (χ1v) is 9.32. The fourth-order valence-electron chi connectivity index (χ4n) is 3.10. The van der Waals surface area contributed by atoms with Crippen LogP contribution in [-0.4, -0.2) is 46.1 Å². The number of benzene rings is 1. The van der Waals surface area contributed by atoms with Crippen molar-refractivity contribution in [3.8, 4) is 0 Å². The summed E-state index contributed by atoms with van der Waals surface area (Å²) < 4.78 is 9.87. The molecule has 0 saturated heterocycles. The Bertz CT molecular complexity index is 831. The molecular weight excluding hydrogens is 398 g/mol. The Morgan fingerprint density at radius 3 is 2.20 bits per heavy atom. The number of aliphatic carboxylic acids is 1. The van der Waals surface area contributed by atoms with Gasteiger partial charge in [-0.25, -0.2) is 0 Å². The molecule has 2 unspecified atom stereocenters. The van der Waals surface area contributed by atoms with Crippen LogP contribution in [0.25, 0.3) is 0 Å². The summed E-state index contributed by atoms with van der Waals surface area (Å²) in [5.41, 5.74) is -0.345. The lowest BCUT2D eigenvalue weighted by Crippen LogP contribution is -2.34. The molecule has 0 heterocycles. The van der Waals surface area contributed by atoms with Gasteiger partial charge in [-0.15, -0.1) is 0 Å². The van der Waals surface area contributed by atoms with Gasteiger partial charge in [-0.2, -0.15) is 0 Å². The number of Topliss-reactive ketones (excluding diaryl/α,β-unsaturated/α-hetero) is 1. The van der Waals surface area contributed by atoms with Crippen LogP contribution in [0.2, 0.25) is 0 Å². The summed E-state index contributed by atoms with van der Waals surface area (Å²) in [5, 5.41) is 31.1. The molecule has 0 fully saturated rings. The van der Waals surface area contributed by atoms with Crippen molar-refractivity contribution in [2.24, 2.45) is 5.92 Å². The van der Waals surface area contributed by atoms with Gasteiger partial charge in [0.1, 0.15) is 17.6 Å². The number of rotatable bonds is 12. The van der Waals surface area contributed by atoms with Crippen LogP contribution >= 0.6 is 0 Å². The molecule has 1 aromatic rings. The van der Waals surface area contributed by atoms with E-state index in [0.29, 0.717) is 5.56 Å². The van der Waals surface area contributed by atoms with E-state index < -0.39 is 46.1 Å². The van der Waals surface area contributed by atoms with Crippen molar-refractivity contribution in [2.75, 3.05) is 13.2 Å². The average Bonchev–Trinajstić information content (AvgIpc) is 2.66. The van der Waals surface area contributed by atoms with Gasteiger partial charge in [-0.1, -0.05) is 24.3 Å². The van der Waals surface area contributed by atoms with Crippen molar-refractivity contribution in [2.45, 2.75) is 39.5 Å². The van der Waals surface area contributed by atoms with Gasteiger partial charge < -0.3 is 19.7 Å². The molecule has 0 aliphatic rings. The van der Waals surface area contributed by atoms with E-state index in [1.165, 1.54) is 26.0 Å². The number of ether oxygens (including phenoxy) is 2. The van der Waals surface area contributed by atoms with Gasteiger partial charge in [-0.3, -0.25) is 24.5 Å². The molecule has 0 aliphatic heterocycles. The minimum absolute atomic E-state index is 0.00412. The molecule has 0 bridgehead atoms. The monoisotopic (exact) mass is 423 g/mol. The maximum atomic E-state index is 12.6. The van der Waals surface area contributed by atoms with Gasteiger partial charge >= 0.3 is 23.6 Å². The van der Waals surface area contributed by atoms with Gasteiger partial charge in [0.25, 0.3) is 0 Å². The lowest BCUT2D eigenvalue weighted by atomic mass is 9.78. The van der Waals surface area contributed by atoms with Crippen molar-refractivity contribution in [1.82, 2.24) is 0 Å². The summed E-state index contributed by atoms with van der Waals surface area (Å²) in [6.07, 6.45) is -0.279. The highest BCUT2D eigenvalue weighted by molar-refractivity contribution is 5.99. The molecule has 2 atom stereocenters. The van der Waals surface area contributed by atoms with E-state index in [4.69, 9.17) is 14.6 Å². The lowest BCUT2D eigenvalue weighted by Gasteiger charge is -2.24. The first kappa shape index (κ1) is 24.6. The van der Waals surface area contributed by atoms with Gasteiger partial charge in [0.2, 0.25) is 0 Å². The SMILES string of the molecule is CCOC(=O)C(C(C)=O)C(C(=C(O)OCC)[N+](=O)[O-])c1ccccc1CCC(=O)O. The van der Waals surface area contributed by atoms with Crippen LogP contribution in [0.3, 0.4) is 0 Å². The minimum atomic E-state index is -1.64. The molecule has 0 spiro atoms. The van der Waals surface area contributed by atoms with Crippen molar-refractivity contribution >= 4 is 17.7 Å². The Morgan fingerprint density at radius 1 is 1.10 bits per heavy atom. The van der Waals surface area contributed by atoms with Crippen LogP contribution < -0.4 is 0 Å². The summed E-state index contributed by atoms with van der Waals surface area (Å²) in [6, 6.07) is 6.12. The van der Waals surface area contributed by atoms with Gasteiger partial charge in [0, 0.05) is 6.42 Å². The number of carbonyl (C=O) groups excluding carboxylic acids is 2. The minimum Gasteiger partial charge on any atom is -0.481 e. The topological polar surface area (TPSA) is 153 Å². The van der Waals surface area contributed by atoms with Crippen LogP contribution in [0.5, 0.6) is 0 Å². The third-order valence-electron chi connectivity index (χ3n) is 4.30. The van der Waals surface area contributed by atoms with Crippen molar-refractivity contribution in [3.05, 3.63) is 57.1 Å². The van der Waals surface area contributed by atoms with E-state index in [9.17, 15) is 29.6 Å². The number of aliphatic hydroxyl groups is 1. The normalized spacial score (nSPS) is 13.6. The Balaban J connectivity index is 3.80. The number of ketones is 1. The van der Waals surface area contributed by atoms with Crippen LogP contribution in [0, 0.1) is 16.0 Å². The maximum absolute atomic E-state index is 12.6. The van der Waals surface area contributed by atoms with E-state index in [2.05, 4.69) is 0 Å². The molecule has 0 saturated carbocycles. The number of aliphatic hydroxyl groups excluding tert-OH is 1. The first-order chi connectivity index (χ1) is 14.1. The Hall–Kier alpha value is -3.43. The third kappa shape index (κ3) is 6.29. The fraction of sp³-hybridized carbons (Fsp3) is 0.450. The highest BCUT2D eigenvalue weighted by Gasteiger charge is 2.46. The second-order valence-electron chi connectivity index (χ2n) is 6.29. The standard InChI is InChI=1S/C20H25NO9/c1-4-29-19(25)16(12(3)22)17(18(21(27)28)20(26)30-5-2)14-9-7-6-8-13(14)10-11-15(23)24/h6-9,16-17,26H,4-5,10-11H2,1-3H3,(H,23,24). The van der Waals surface area contributed by atoms with Gasteiger partial charge in [0.05, 0.1) is 18.1 Å². The lowest BCUT2D eigenvalue weighted by molar-refractivity contribution is -0.437. The highest BCUT2D eigenvalue weighted by atomic mass is 16.6. The zero-order chi connectivity index (χ0) is 22.8. The Kier molecular flexibility index (Phi) is 9.47. The number of hydrogen-bond acceptors (Lipinski definition) is 8. The van der Waals surface area contributed by atoms with Gasteiger partial charge in [-0.05, 0) is 38.3 Å². The molecule has 10 heteroatoms. The van der Waals surface area contributed by atoms with E-state index in [1.807, 2.05) is 0 Å². The third-order valence-corrected chi connectivity index (χ3v) is 4.30. The van der Waals surface area contributed by atoms with E-state index >= 15 is 0 Å². The van der Waals surface area contributed by atoms with Gasteiger partial charge in [0.15, 0.2) is 0 Å². The molecular formula is C20H25NO9. The molecule has 0 amide bonds. The van der Waals surface area contributed by atoms with Crippen molar-refractivity contribution in [3.63, 3.8) is 0 Å². The van der Waals surface area contributed by atoms with Crippen LogP contribution in [-0.2, 0) is 30.3 Å². The van der Waals surface area contributed by atoms with Crippen LogP contribution in [0.4, 0.5) is 0 Å². The Morgan fingerprint density at radius 2 is 1.70 bits per heavy atom. The molecule has 1 aromatic carbocycles. The predicted molar refractivity (Wildman–Crippen MR) is 104 cm³/mol. The second kappa shape index (κ2) is 11.5. The predicted octanol–water partition coefficient (Wildman–Crippen LogP) is 2.60. The average molecular weight is 423 g/mol. The number of nitro groups is 1. The molecule has 30 heavy (non-hydrogen) atoms. The highest BCUT2D eigenvalue weighted by Crippen LogP contribution is 2.38. The quantitative estimate of drug-likeness (QED) is 0.170. The molecule has 164 valence electrons. The second-order valence-corrected chi connectivity index (χ2v) is 6.29. The fourth-order valence-corrected chi connectivity index (χ4v) is 3.10. The number of aryl methyl sites for hydroxylation is 1. The molecule has 2 N–H and O–H groups in total. The summed E-state index contributed by atoms with van der Waals surface area (Å²) in [5.74, 6) is -7.01.